The Labute approximate surface area is 87.2 Å². The van der Waals surface area contributed by atoms with Crippen LogP contribution in [0.3, 0.4) is 0 Å². The number of fused-ring (bicyclic) bond motifs is 1. The highest BCUT2D eigenvalue weighted by Crippen LogP contribution is 2.19. The zero-order valence-electron chi connectivity index (χ0n) is 8.75. The molecule has 0 aromatic heterocycles. The van der Waals surface area contributed by atoms with Crippen LogP contribution >= 0.6 is 0 Å². The zero-order valence-corrected chi connectivity index (χ0v) is 9.75. The predicted molar refractivity (Wildman–Crippen MR) is 65.1 cm³/mol. The minimum absolute atomic E-state index is 0.177. The second-order valence-corrected chi connectivity index (χ2v) is 6.79. The Bertz CT molecular complexity index is 427. The van der Waals surface area contributed by atoms with E-state index in [9.17, 15) is 0 Å². The molecule has 2 aromatic carbocycles. The second kappa shape index (κ2) is 3.97. The standard InChI is InChI=1S/C13H15Si/c1-14(2)10-12-8-5-7-11-6-3-4-9-13(11)12/h3-9H,10H2,1-2H3. The Morgan fingerprint density at radius 3 is 2.43 bits per heavy atom. The van der Waals surface area contributed by atoms with E-state index in [4.69, 9.17) is 0 Å². The minimum atomic E-state index is -0.177. The van der Waals surface area contributed by atoms with E-state index < -0.39 is 0 Å². The van der Waals surface area contributed by atoms with Gasteiger partial charge in [-0.15, -0.1) is 0 Å². The van der Waals surface area contributed by atoms with Gasteiger partial charge in [-0.25, -0.2) is 0 Å². The van der Waals surface area contributed by atoms with E-state index in [2.05, 4.69) is 55.6 Å². The molecule has 0 N–H and O–H groups in total. The van der Waals surface area contributed by atoms with Crippen LogP contribution in [0.2, 0.25) is 13.1 Å². The summed E-state index contributed by atoms with van der Waals surface area (Å²) in [4.78, 5) is 0. The molecule has 0 atom stereocenters. The molecule has 0 saturated heterocycles. The molecule has 0 amide bonds. The number of hydrogen-bond acceptors (Lipinski definition) is 0. The summed E-state index contributed by atoms with van der Waals surface area (Å²) in [6.07, 6.45) is 0. The molecule has 14 heavy (non-hydrogen) atoms. The highest BCUT2D eigenvalue weighted by atomic mass is 28.3. The van der Waals surface area contributed by atoms with Crippen LogP contribution in [0.15, 0.2) is 42.5 Å². The van der Waals surface area contributed by atoms with E-state index in [1.165, 1.54) is 22.4 Å². The van der Waals surface area contributed by atoms with Gasteiger partial charge >= 0.3 is 0 Å². The van der Waals surface area contributed by atoms with Gasteiger partial charge in [0, 0.05) is 8.80 Å². The first-order valence-electron chi connectivity index (χ1n) is 5.03. The summed E-state index contributed by atoms with van der Waals surface area (Å²) in [5.41, 5.74) is 1.52. The van der Waals surface area contributed by atoms with E-state index >= 15 is 0 Å². The molecule has 71 valence electrons. The van der Waals surface area contributed by atoms with Crippen molar-refractivity contribution in [3.05, 3.63) is 48.0 Å². The summed E-state index contributed by atoms with van der Waals surface area (Å²) in [6, 6.07) is 16.6. The summed E-state index contributed by atoms with van der Waals surface area (Å²) in [7, 11) is -0.177. The molecule has 0 unspecified atom stereocenters. The number of rotatable bonds is 2. The van der Waals surface area contributed by atoms with Crippen molar-refractivity contribution in [3.8, 4) is 0 Å². The van der Waals surface area contributed by atoms with Gasteiger partial charge in [0.15, 0.2) is 0 Å². The zero-order chi connectivity index (χ0) is 9.97. The van der Waals surface area contributed by atoms with Crippen molar-refractivity contribution in [1.82, 2.24) is 0 Å². The molecule has 1 radical (unpaired) electrons. The van der Waals surface area contributed by atoms with Crippen molar-refractivity contribution in [3.63, 3.8) is 0 Å². The smallest absolute Gasteiger partial charge is 0.0460 e. The first-order chi connectivity index (χ1) is 6.77. The average Bonchev–Trinajstić information content (AvgIpc) is 2.18. The first kappa shape index (κ1) is 9.47. The second-order valence-electron chi connectivity index (χ2n) is 4.02. The van der Waals surface area contributed by atoms with E-state index in [-0.39, 0.29) is 8.80 Å². The Hall–Kier alpha value is -1.08. The van der Waals surface area contributed by atoms with Crippen molar-refractivity contribution in [2.45, 2.75) is 19.1 Å². The largest absolute Gasteiger partial charge is 0.0710 e. The SMILES string of the molecule is C[Si](C)Cc1cccc2ccccc12. The van der Waals surface area contributed by atoms with Crippen LogP contribution in [0.25, 0.3) is 10.8 Å². The quantitative estimate of drug-likeness (QED) is 0.647. The lowest BCUT2D eigenvalue weighted by Gasteiger charge is -2.07. The molecule has 2 aromatic rings. The van der Waals surface area contributed by atoms with Gasteiger partial charge in [-0.1, -0.05) is 55.6 Å². The van der Waals surface area contributed by atoms with E-state index in [0.717, 1.165) is 0 Å². The van der Waals surface area contributed by atoms with Crippen LogP contribution in [0.4, 0.5) is 0 Å². The van der Waals surface area contributed by atoms with Gasteiger partial charge in [0.25, 0.3) is 0 Å². The van der Waals surface area contributed by atoms with Gasteiger partial charge in [0.1, 0.15) is 0 Å². The van der Waals surface area contributed by atoms with Gasteiger partial charge in [0.05, 0.1) is 0 Å². The Balaban J connectivity index is 2.53. The molecule has 0 nitrogen and oxygen atoms in total. The maximum absolute atomic E-state index is 2.37. The molecule has 0 bridgehead atoms. The molecule has 0 aliphatic carbocycles. The van der Waals surface area contributed by atoms with Crippen molar-refractivity contribution < 1.29 is 0 Å². The van der Waals surface area contributed by atoms with E-state index in [0.29, 0.717) is 0 Å². The summed E-state index contributed by atoms with van der Waals surface area (Å²) in [6.45, 7) is 4.73. The fraction of sp³-hybridized carbons (Fsp3) is 0.231. The fourth-order valence-electron chi connectivity index (χ4n) is 1.83. The maximum atomic E-state index is 2.37. The van der Waals surface area contributed by atoms with E-state index in [1.54, 1.807) is 0 Å². The number of benzene rings is 2. The van der Waals surface area contributed by atoms with Gasteiger partial charge in [-0.3, -0.25) is 0 Å². The molecule has 0 aliphatic heterocycles. The summed E-state index contributed by atoms with van der Waals surface area (Å²) in [5.74, 6) is 0. The molecule has 0 saturated carbocycles. The van der Waals surface area contributed by atoms with Gasteiger partial charge in [-0.2, -0.15) is 0 Å². The van der Waals surface area contributed by atoms with Crippen LogP contribution in [-0.2, 0) is 6.04 Å². The highest BCUT2D eigenvalue weighted by molar-refractivity contribution is 6.55. The molecule has 1 heteroatoms. The molecule has 0 spiro atoms. The first-order valence-corrected chi connectivity index (χ1v) is 7.74. The van der Waals surface area contributed by atoms with Crippen molar-refractivity contribution in [2.75, 3.05) is 0 Å². The van der Waals surface area contributed by atoms with Gasteiger partial charge in [-0.05, 0) is 22.4 Å². The van der Waals surface area contributed by atoms with E-state index in [1.807, 2.05) is 0 Å². The van der Waals surface area contributed by atoms with Gasteiger partial charge < -0.3 is 0 Å². The van der Waals surface area contributed by atoms with Crippen LogP contribution in [0, 0.1) is 0 Å². The fourth-order valence-corrected chi connectivity index (χ4v) is 2.90. The van der Waals surface area contributed by atoms with Crippen LogP contribution in [0.5, 0.6) is 0 Å². The summed E-state index contributed by atoms with van der Waals surface area (Å²) in [5, 5.41) is 2.80. The molecule has 0 aliphatic rings. The molecule has 0 heterocycles. The molecule has 2 rings (SSSR count). The minimum Gasteiger partial charge on any atom is -0.0710 e. The third-order valence-corrected chi connectivity index (χ3v) is 3.51. The van der Waals surface area contributed by atoms with Crippen molar-refractivity contribution in [1.29, 1.82) is 0 Å². The van der Waals surface area contributed by atoms with Crippen LogP contribution in [-0.4, -0.2) is 8.80 Å². The van der Waals surface area contributed by atoms with Crippen molar-refractivity contribution in [2.24, 2.45) is 0 Å². The lowest BCUT2D eigenvalue weighted by Crippen LogP contribution is -2.05. The van der Waals surface area contributed by atoms with Gasteiger partial charge in [0.2, 0.25) is 0 Å². The third-order valence-electron chi connectivity index (χ3n) is 2.42. The van der Waals surface area contributed by atoms with Crippen LogP contribution in [0.1, 0.15) is 5.56 Å². The molecular weight excluding hydrogens is 184 g/mol. The average molecular weight is 199 g/mol. The highest BCUT2D eigenvalue weighted by Gasteiger charge is 2.02. The van der Waals surface area contributed by atoms with Crippen LogP contribution < -0.4 is 0 Å². The van der Waals surface area contributed by atoms with Crippen molar-refractivity contribution >= 4 is 19.6 Å². The Kier molecular flexibility index (Phi) is 2.68. The Morgan fingerprint density at radius 2 is 1.64 bits per heavy atom. The summed E-state index contributed by atoms with van der Waals surface area (Å²) < 4.78 is 0. The maximum Gasteiger partial charge on any atom is 0.0460 e. The monoisotopic (exact) mass is 199 g/mol. The predicted octanol–water partition coefficient (Wildman–Crippen LogP) is 3.68. The lowest BCUT2D eigenvalue weighted by molar-refractivity contribution is 1.39. The number of hydrogen-bond donors (Lipinski definition) is 0. The lowest BCUT2D eigenvalue weighted by atomic mass is 10.1. The third kappa shape index (κ3) is 1.88. The molecular formula is C13H15Si. The normalized spacial score (nSPS) is 11.1. The topological polar surface area (TPSA) is 0 Å². The Morgan fingerprint density at radius 1 is 0.929 bits per heavy atom. The summed E-state index contributed by atoms with van der Waals surface area (Å²) >= 11 is 0. The molecule has 0 fully saturated rings.